The van der Waals surface area contributed by atoms with E-state index in [9.17, 15) is 9.18 Å². The number of esters is 1. The lowest BCUT2D eigenvalue weighted by Crippen LogP contribution is -2.12. The molecule has 1 heterocycles. The van der Waals surface area contributed by atoms with Crippen molar-refractivity contribution in [2.45, 2.75) is 19.9 Å². The maximum absolute atomic E-state index is 13.3. The fourth-order valence-electron chi connectivity index (χ4n) is 1.84. The molecular formula is C15H16FNO2S. The molecule has 1 N–H and O–H groups in total. The number of thiophene rings is 1. The van der Waals surface area contributed by atoms with Crippen LogP contribution in [0.3, 0.4) is 0 Å². The van der Waals surface area contributed by atoms with Crippen LogP contribution in [0.25, 0.3) is 10.4 Å². The topological polar surface area (TPSA) is 38.3 Å². The molecule has 0 aliphatic carbocycles. The Morgan fingerprint density at radius 2 is 2.10 bits per heavy atom. The lowest BCUT2D eigenvalue weighted by Gasteiger charge is -2.09. The third-order valence-corrected chi connectivity index (χ3v) is 3.82. The first-order valence-corrected chi connectivity index (χ1v) is 7.07. The molecule has 0 atom stereocenters. The van der Waals surface area contributed by atoms with Crippen molar-refractivity contribution in [3.63, 3.8) is 0 Å². The molecule has 0 amide bonds. The van der Waals surface area contributed by atoms with Crippen molar-refractivity contribution in [3.05, 3.63) is 41.0 Å². The van der Waals surface area contributed by atoms with Gasteiger partial charge in [-0.25, -0.2) is 9.18 Å². The van der Waals surface area contributed by atoms with Crippen molar-refractivity contribution in [1.82, 2.24) is 0 Å². The van der Waals surface area contributed by atoms with Crippen LogP contribution in [0, 0.1) is 5.82 Å². The van der Waals surface area contributed by atoms with Gasteiger partial charge in [0.2, 0.25) is 0 Å². The van der Waals surface area contributed by atoms with Crippen LogP contribution < -0.4 is 5.32 Å². The van der Waals surface area contributed by atoms with Gasteiger partial charge in [0.25, 0.3) is 0 Å². The molecule has 0 spiro atoms. The van der Waals surface area contributed by atoms with Gasteiger partial charge in [-0.15, -0.1) is 11.3 Å². The molecule has 0 saturated carbocycles. The summed E-state index contributed by atoms with van der Waals surface area (Å²) >= 11 is 1.29. The van der Waals surface area contributed by atoms with Crippen LogP contribution >= 0.6 is 11.3 Å². The van der Waals surface area contributed by atoms with E-state index in [0.717, 1.165) is 16.1 Å². The van der Waals surface area contributed by atoms with Crippen LogP contribution in [0.4, 0.5) is 10.1 Å². The Labute approximate surface area is 121 Å². The lowest BCUT2D eigenvalue weighted by molar-refractivity contribution is 0.0607. The summed E-state index contributed by atoms with van der Waals surface area (Å²) in [6.45, 7) is 3.97. The summed E-state index contributed by atoms with van der Waals surface area (Å²) in [6, 6.07) is 8.35. The van der Waals surface area contributed by atoms with Crippen LogP contribution in [-0.2, 0) is 4.74 Å². The van der Waals surface area contributed by atoms with E-state index in [1.54, 1.807) is 6.07 Å². The SMILES string of the molecule is COC(=O)c1sc(-c2cccc(F)c2)cc1NC(C)C. The summed E-state index contributed by atoms with van der Waals surface area (Å²) in [7, 11) is 1.35. The van der Waals surface area contributed by atoms with Crippen LogP contribution in [0.2, 0.25) is 0 Å². The minimum absolute atomic E-state index is 0.188. The zero-order valence-electron chi connectivity index (χ0n) is 11.6. The maximum Gasteiger partial charge on any atom is 0.350 e. The second kappa shape index (κ2) is 6.05. The van der Waals surface area contributed by atoms with E-state index in [4.69, 9.17) is 4.74 Å². The molecule has 0 bridgehead atoms. The molecule has 106 valence electrons. The molecular weight excluding hydrogens is 277 g/mol. The average molecular weight is 293 g/mol. The molecule has 5 heteroatoms. The summed E-state index contributed by atoms with van der Waals surface area (Å²) in [6.07, 6.45) is 0. The largest absolute Gasteiger partial charge is 0.465 e. The van der Waals surface area contributed by atoms with Gasteiger partial charge in [-0.1, -0.05) is 12.1 Å². The van der Waals surface area contributed by atoms with E-state index in [1.165, 1.54) is 30.6 Å². The van der Waals surface area contributed by atoms with E-state index < -0.39 is 0 Å². The number of anilines is 1. The molecule has 0 fully saturated rings. The number of carbonyl (C=O) groups is 1. The fraction of sp³-hybridized carbons (Fsp3) is 0.267. The summed E-state index contributed by atoms with van der Waals surface area (Å²) in [5, 5.41) is 3.21. The quantitative estimate of drug-likeness (QED) is 0.860. The number of nitrogens with one attached hydrogen (secondary N) is 1. The van der Waals surface area contributed by atoms with E-state index in [0.29, 0.717) is 4.88 Å². The van der Waals surface area contributed by atoms with E-state index in [2.05, 4.69) is 5.32 Å². The Bertz CT molecular complexity index is 622. The van der Waals surface area contributed by atoms with Crippen molar-refractivity contribution in [1.29, 1.82) is 0 Å². The van der Waals surface area contributed by atoms with E-state index >= 15 is 0 Å². The molecule has 0 saturated heterocycles. The minimum Gasteiger partial charge on any atom is -0.465 e. The molecule has 1 aromatic heterocycles. The van der Waals surface area contributed by atoms with Crippen LogP contribution in [0.5, 0.6) is 0 Å². The van der Waals surface area contributed by atoms with Crippen molar-refractivity contribution in [2.24, 2.45) is 0 Å². The predicted octanol–water partition coefficient (Wildman–Crippen LogP) is 4.16. The Hall–Kier alpha value is -1.88. The average Bonchev–Trinajstić information content (AvgIpc) is 2.81. The van der Waals surface area contributed by atoms with Gasteiger partial charge in [-0.2, -0.15) is 0 Å². The number of hydrogen-bond donors (Lipinski definition) is 1. The molecule has 0 aliphatic heterocycles. The summed E-state index contributed by atoms with van der Waals surface area (Å²) in [5.41, 5.74) is 1.47. The van der Waals surface area contributed by atoms with Gasteiger partial charge in [0.1, 0.15) is 10.7 Å². The minimum atomic E-state index is -0.388. The highest BCUT2D eigenvalue weighted by molar-refractivity contribution is 7.18. The zero-order valence-corrected chi connectivity index (χ0v) is 12.4. The maximum atomic E-state index is 13.3. The van der Waals surface area contributed by atoms with Gasteiger partial charge in [0.05, 0.1) is 12.8 Å². The standard InChI is InChI=1S/C15H16FNO2S/c1-9(2)17-12-8-13(20-14(12)15(18)19-3)10-5-4-6-11(16)7-10/h4-9,17H,1-3H3. The Morgan fingerprint density at radius 3 is 2.70 bits per heavy atom. The number of hydrogen-bond acceptors (Lipinski definition) is 4. The van der Waals surface area contributed by atoms with Crippen molar-refractivity contribution < 1.29 is 13.9 Å². The zero-order chi connectivity index (χ0) is 14.7. The monoisotopic (exact) mass is 293 g/mol. The highest BCUT2D eigenvalue weighted by Crippen LogP contribution is 2.35. The summed E-state index contributed by atoms with van der Waals surface area (Å²) < 4.78 is 18.1. The fourth-order valence-corrected chi connectivity index (χ4v) is 2.87. The highest BCUT2D eigenvalue weighted by Gasteiger charge is 2.18. The second-order valence-corrected chi connectivity index (χ2v) is 5.71. The first kappa shape index (κ1) is 14.5. The van der Waals surface area contributed by atoms with Gasteiger partial charge in [0.15, 0.2) is 0 Å². The Morgan fingerprint density at radius 1 is 1.35 bits per heavy atom. The van der Waals surface area contributed by atoms with Gasteiger partial charge >= 0.3 is 5.97 Å². The van der Waals surface area contributed by atoms with Crippen LogP contribution in [0.15, 0.2) is 30.3 Å². The third kappa shape index (κ3) is 3.17. The molecule has 2 rings (SSSR count). The number of ether oxygens (including phenoxy) is 1. The van der Waals surface area contributed by atoms with E-state index in [1.807, 2.05) is 26.0 Å². The molecule has 3 nitrogen and oxygen atoms in total. The van der Waals surface area contributed by atoms with Crippen molar-refractivity contribution in [2.75, 3.05) is 12.4 Å². The van der Waals surface area contributed by atoms with Gasteiger partial charge in [-0.3, -0.25) is 0 Å². The second-order valence-electron chi connectivity index (χ2n) is 4.65. The molecule has 0 radical (unpaired) electrons. The van der Waals surface area contributed by atoms with Gasteiger partial charge in [0, 0.05) is 10.9 Å². The van der Waals surface area contributed by atoms with Crippen LogP contribution in [0.1, 0.15) is 23.5 Å². The van der Waals surface area contributed by atoms with E-state index in [-0.39, 0.29) is 17.8 Å². The number of halogens is 1. The van der Waals surface area contributed by atoms with Gasteiger partial charge < -0.3 is 10.1 Å². The van der Waals surface area contributed by atoms with Crippen molar-refractivity contribution >= 4 is 23.0 Å². The Kier molecular flexibility index (Phi) is 4.39. The van der Waals surface area contributed by atoms with Crippen LogP contribution in [-0.4, -0.2) is 19.1 Å². The summed E-state index contributed by atoms with van der Waals surface area (Å²) in [4.78, 5) is 13.1. The predicted molar refractivity (Wildman–Crippen MR) is 79.8 cm³/mol. The molecule has 1 aromatic carbocycles. The first-order chi connectivity index (χ1) is 9.51. The third-order valence-electron chi connectivity index (χ3n) is 2.66. The number of carbonyl (C=O) groups excluding carboxylic acids is 1. The normalized spacial score (nSPS) is 10.7. The number of methoxy groups -OCH3 is 1. The molecule has 0 unspecified atom stereocenters. The number of benzene rings is 1. The number of rotatable bonds is 4. The van der Waals surface area contributed by atoms with Gasteiger partial charge in [-0.05, 0) is 37.6 Å². The first-order valence-electron chi connectivity index (χ1n) is 6.26. The summed E-state index contributed by atoms with van der Waals surface area (Å²) in [5.74, 6) is -0.685. The highest BCUT2D eigenvalue weighted by atomic mass is 32.1. The Balaban J connectivity index is 2.45. The lowest BCUT2D eigenvalue weighted by atomic mass is 10.2. The van der Waals surface area contributed by atoms with Crippen molar-refractivity contribution in [3.8, 4) is 10.4 Å². The smallest absolute Gasteiger partial charge is 0.350 e. The molecule has 20 heavy (non-hydrogen) atoms. The molecule has 0 aliphatic rings. The molecule has 2 aromatic rings.